The fourth-order valence-electron chi connectivity index (χ4n) is 10.9. The van der Waals surface area contributed by atoms with Crippen molar-refractivity contribution >= 4 is 40.5 Å². The number of aromatic amines is 1. The Balaban J connectivity index is 0.745. The second-order valence-electron chi connectivity index (χ2n) is 21.2. The van der Waals surface area contributed by atoms with Gasteiger partial charge in [-0.25, -0.2) is 14.3 Å². The summed E-state index contributed by atoms with van der Waals surface area (Å²) >= 11 is 0. The van der Waals surface area contributed by atoms with E-state index in [9.17, 15) is 33.2 Å². The van der Waals surface area contributed by atoms with Crippen molar-refractivity contribution in [2.75, 3.05) is 78.5 Å². The van der Waals surface area contributed by atoms with Crippen LogP contribution in [0.15, 0.2) is 71.5 Å². The van der Waals surface area contributed by atoms with Gasteiger partial charge in [-0.05, 0) is 113 Å². The molecule has 2 atom stereocenters. The van der Waals surface area contributed by atoms with Crippen molar-refractivity contribution in [2.45, 2.75) is 103 Å². The monoisotopic (exact) mass is 990 g/mol. The Bertz CT molecular complexity index is 2610. The molecule has 0 radical (unpaired) electrons. The van der Waals surface area contributed by atoms with Crippen LogP contribution in [0.4, 0.5) is 9.18 Å². The predicted molar refractivity (Wildman–Crippen MR) is 273 cm³/mol. The summed E-state index contributed by atoms with van der Waals surface area (Å²) in [7, 11) is 0. The van der Waals surface area contributed by atoms with E-state index in [-0.39, 0.29) is 72.8 Å². The van der Waals surface area contributed by atoms with E-state index in [4.69, 9.17) is 4.74 Å². The standard InChI is InChI=1S/C55H72FN9O7/c1-55(2,3)72-54(71)65-24-10-15-42(35-65)40-13-9-14-41(33-40)50(67)59-49(39-11-5-4-6-12-39)53(70)64-25-20-37(21-26-64)34-62-27-29-63(30-28-62)36-48(66)57-22-23-58-51(68)45-31-38(18-19-46(45)56)32-47-43-16-7-8-17-44(43)52(69)61-60-47/h7-9,13-14,16-19,31,33,37,39,42,49H,4-6,10-12,15,20-30,32,34-36H2,1-3H3,(H,57,66)(H,58,68)(H,59,67)(H,61,69)/t42-,49+/m0/s1. The molecule has 4 heterocycles. The molecule has 8 rings (SSSR count). The van der Waals surface area contributed by atoms with E-state index in [0.29, 0.717) is 59.7 Å². The maximum absolute atomic E-state index is 14.8. The number of likely N-dealkylation sites (tertiary alicyclic amines) is 2. The minimum atomic E-state index is -0.661. The van der Waals surface area contributed by atoms with Gasteiger partial charge in [-0.15, -0.1) is 0 Å². The normalized spacial score (nSPS) is 19.1. The smallest absolute Gasteiger partial charge is 0.410 e. The summed E-state index contributed by atoms with van der Waals surface area (Å²) < 4.78 is 20.4. The van der Waals surface area contributed by atoms with E-state index in [2.05, 4.69) is 35.9 Å². The summed E-state index contributed by atoms with van der Waals surface area (Å²) in [5.41, 5.74) is 1.82. The van der Waals surface area contributed by atoms with Crippen molar-refractivity contribution in [1.29, 1.82) is 0 Å². The van der Waals surface area contributed by atoms with Crippen LogP contribution in [0.25, 0.3) is 10.8 Å². The fourth-order valence-corrected chi connectivity index (χ4v) is 10.9. The Morgan fingerprint density at radius 1 is 0.764 bits per heavy atom. The van der Waals surface area contributed by atoms with Gasteiger partial charge >= 0.3 is 6.09 Å². The molecular weight excluding hydrogens is 918 g/mol. The molecule has 16 nitrogen and oxygen atoms in total. The van der Waals surface area contributed by atoms with E-state index in [1.54, 1.807) is 29.2 Å². The molecule has 4 N–H and O–H groups in total. The first-order valence-electron chi connectivity index (χ1n) is 26.1. The van der Waals surface area contributed by atoms with Crippen molar-refractivity contribution in [3.8, 4) is 0 Å². The van der Waals surface area contributed by atoms with Crippen LogP contribution in [0.3, 0.4) is 0 Å². The Hall–Kier alpha value is -6.20. The number of nitrogens with zero attached hydrogens (tertiary/aromatic N) is 5. The maximum atomic E-state index is 14.8. The van der Waals surface area contributed by atoms with Gasteiger partial charge in [0.25, 0.3) is 17.4 Å². The number of amides is 5. The maximum Gasteiger partial charge on any atom is 0.410 e. The molecule has 1 aromatic heterocycles. The highest BCUT2D eigenvalue weighted by atomic mass is 19.1. The zero-order valence-corrected chi connectivity index (χ0v) is 42.2. The fraction of sp³-hybridized carbons (Fsp3) is 0.545. The van der Waals surface area contributed by atoms with Crippen LogP contribution in [-0.2, 0) is 20.7 Å². The summed E-state index contributed by atoms with van der Waals surface area (Å²) in [4.78, 5) is 87.6. The minimum absolute atomic E-state index is 0.0192. The number of piperazine rings is 1. The molecule has 1 saturated carbocycles. The average Bonchev–Trinajstić information content (AvgIpc) is 3.38. The van der Waals surface area contributed by atoms with Crippen LogP contribution in [0.2, 0.25) is 0 Å². The van der Waals surface area contributed by atoms with Gasteiger partial charge in [0.05, 0.1) is 23.2 Å². The van der Waals surface area contributed by atoms with Crippen molar-refractivity contribution < 1.29 is 33.1 Å². The number of rotatable bonds is 15. The molecule has 3 aromatic carbocycles. The third-order valence-electron chi connectivity index (χ3n) is 14.8. The Morgan fingerprint density at radius 3 is 2.24 bits per heavy atom. The highest BCUT2D eigenvalue weighted by molar-refractivity contribution is 5.98. The van der Waals surface area contributed by atoms with Gasteiger partial charge in [0.1, 0.15) is 17.5 Å². The number of fused-ring (bicyclic) bond motifs is 1. The van der Waals surface area contributed by atoms with E-state index in [1.807, 2.05) is 56.0 Å². The van der Waals surface area contributed by atoms with E-state index >= 15 is 0 Å². The number of aromatic nitrogens is 2. The van der Waals surface area contributed by atoms with Crippen LogP contribution >= 0.6 is 0 Å². The van der Waals surface area contributed by atoms with Gasteiger partial charge in [-0.1, -0.05) is 55.7 Å². The van der Waals surface area contributed by atoms with Gasteiger partial charge in [0.15, 0.2) is 0 Å². The lowest BCUT2D eigenvalue weighted by molar-refractivity contribution is -0.136. The summed E-state index contributed by atoms with van der Waals surface area (Å²) in [6.07, 6.45) is 8.60. The van der Waals surface area contributed by atoms with Crippen LogP contribution in [-0.4, -0.2) is 150 Å². The number of halogens is 1. The van der Waals surface area contributed by atoms with Gasteiger partial charge in [-0.3, -0.25) is 28.9 Å². The number of carbonyl (C=O) groups excluding carboxylic acids is 5. The molecule has 3 aliphatic heterocycles. The Labute approximate surface area is 421 Å². The molecule has 0 bridgehead atoms. The van der Waals surface area contributed by atoms with Gasteiger partial charge < -0.3 is 35.4 Å². The Kier molecular flexibility index (Phi) is 17.4. The largest absolute Gasteiger partial charge is 0.444 e. The van der Waals surface area contributed by atoms with Gasteiger partial charge in [-0.2, -0.15) is 5.10 Å². The minimum Gasteiger partial charge on any atom is -0.444 e. The van der Waals surface area contributed by atoms with Crippen LogP contribution in [0, 0.1) is 17.7 Å². The van der Waals surface area contributed by atoms with Gasteiger partial charge in [0.2, 0.25) is 11.8 Å². The molecule has 1 aliphatic carbocycles. The molecule has 72 heavy (non-hydrogen) atoms. The number of hydrogen-bond donors (Lipinski definition) is 4. The molecule has 386 valence electrons. The summed E-state index contributed by atoms with van der Waals surface area (Å²) in [5.74, 6) is -0.987. The zero-order valence-electron chi connectivity index (χ0n) is 42.2. The first kappa shape index (κ1) is 52.1. The highest BCUT2D eigenvalue weighted by Crippen LogP contribution is 2.31. The second-order valence-corrected chi connectivity index (χ2v) is 21.2. The lowest BCUT2D eigenvalue weighted by Crippen LogP contribution is -2.55. The number of hydrogen-bond acceptors (Lipinski definition) is 10. The quantitative estimate of drug-likeness (QED) is 0.105. The van der Waals surface area contributed by atoms with Crippen LogP contribution in [0.5, 0.6) is 0 Å². The Morgan fingerprint density at radius 2 is 1.49 bits per heavy atom. The lowest BCUT2D eigenvalue weighted by atomic mass is 9.82. The second kappa shape index (κ2) is 24.0. The predicted octanol–water partition coefficient (Wildman–Crippen LogP) is 5.85. The van der Waals surface area contributed by atoms with Crippen molar-refractivity contribution in [3.63, 3.8) is 0 Å². The summed E-state index contributed by atoms with van der Waals surface area (Å²) in [6, 6.07) is 18.5. The molecule has 0 unspecified atom stereocenters. The number of carbonyl (C=O) groups is 5. The summed E-state index contributed by atoms with van der Waals surface area (Å²) in [5, 5.41) is 16.7. The zero-order chi connectivity index (χ0) is 50.8. The van der Waals surface area contributed by atoms with Crippen LogP contribution in [0.1, 0.15) is 122 Å². The molecule has 3 saturated heterocycles. The van der Waals surface area contributed by atoms with E-state index in [0.717, 1.165) is 96.1 Å². The molecule has 4 fully saturated rings. The molecular formula is C55H72FN9O7. The number of piperidine rings is 2. The third-order valence-corrected chi connectivity index (χ3v) is 14.8. The number of nitrogens with one attached hydrogen (secondary N) is 4. The van der Waals surface area contributed by atoms with Crippen molar-refractivity contribution in [1.82, 2.24) is 45.7 Å². The van der Waals surface area contributed by atoms with Crippen molar-refractivity contribution in [2.24, 2.45) is 11.8 Å². The van der Waals surface area contributed by atoms with Crippen molar-refractivity contribution in [3.05, 3.63) is 111 Å². The highest BCUT2D eigenvalue weighted by Gasteiger charge is 2.36. The number of H-pyrrole nitrogens is 1. The number of benzene rings is 3. The van der Waals surface area contributed by atoms with Gasteiger partial charge in [0, 0.05) is 95.3 Å². The lowest BCUT2D eigenvalue weighted by Gasteiger charge is -2.40. The molecule has 5 amide bonds. The first-order chi connectivity index (χ1) is 34.7. The van der Waals surface area contributed by atoms with E-state index in [1.165, 1.54) is 12.1 Å². The third kappa shape index (κ3) is 13.8. The molecule has 4 aromatic rings. The van der Waals surface area contributed by atoms with E-state index < -0.39 is 23.4 Å². The number of ether oxygens (including phenoxy) is 1. The topological polar surface area (TPSA) is 189 Å². The van der Waals surface area contributed by atoms with Crippen LogP contribution < -0.4 is 21.5 Å². The SMILES string of the molecule is CC(C)(C)OC(=O)N1CCC[C@H](c2cccc(C(=O)N[C@@H](C(=O)N3CCC(CN4CCN(CC(=O)NCCNC(=O)c5cc(Cc6n[nH]c(=O)c7ccccc67)ccc5F)CC4)CC3)C3CCCCC3)c2)C1. The average molecular weight is 990 g/mol. The molecule has 17 heteroatoms. The molecule has 0 spiro atoms. The first-order valence-corrected chi connectivity index (χ1v) is 26.1. The molecule has 4 aliphatic rings. The summed E-state index contributed by atoms with van der Waals surface area (Å²) in [6.45, 7) is 12.8.